The number of amides is 1. The van der Waals surface area contributed by atoms with Crippen LogP contribution in [-0.4, -0.2) is 41.4 Å². The lowest BCUT2D eigenvalue weighted by molar-refractivity contribution is 0.0760. The van der Waals surface area contributed by atoms with Gasteiger partial charge in [-0.2, -0.15) is 4.37 Å². The molecule has 4 nitrogen and oxygen atoms in total. The van der Waals surface area contributed by atoms with E-state index in [1.807, 2.05) is 6.92 Å². The summed E-state index contributed by atoms with van der Waals surface area (Å²) < 4.78 is 4.32. The number of carbonyl (C=O) groups is 1. The van der Waals surface area contributed by atoms with E-state index < -0.39 is 0 Å². The fourth-order valence-corrected chi connectivity index (χ4v) is 3.74. The Morgan fingerprint density at radius 1 is 1.35 bits per heavy atom. The lowest BCUT2D eigenvalue weighted by Gasteiger charge is -2.27. The van der Waals surface area contributed by atoms with Crippen molar-refractivity contribution in [1.82, 2.24) is 9.27 Å². The molecule has 1 fully saturated rings. The van der Waals surface area contributed by atoms with Crippen LogP contribution < -0.4 is 4.90 Å². The van der Waals surface area contributed by atoms with Gasteiger partial charge in [0, 0.05) is 26.2 Å². The fraction of sp³-hybridized carbons (Fsp3) is 0.714. The van der Waals surface area contributed by atoms with E-state index in [1.165, 1.54) is 30.8 Å². The van der Waals surface area contributed by atoms with E-state index in [0.29, 0.717) is 17.3 Å². The van der Waals surface area contributed by atoms with Gasteiger partial charge in [-0.25, -0.2) is 0 Å². The van der Waals surface area contributed by atoms with Crippen LogP contribution in [0.2, 0.25) is 5.02 Å². The zero-order chi connectivity index (χ0) is 14.5. The van der Waals surface area contributed by atoms with Crippen LogP contribution in [0.3, 0.4) is 0 Å². The topological polar surface area (TPSA) is 36.4 Å². The summed E-state index contributed by atoms with van der Waals surface area (Å²) in [5.74, 6) is -0.0427. The van der Waals surface area contributed by atoms with Crippen LogP contribution in [0.1, 0.15) is 50.0 Å². The van der Waals surface area contributed by atoms with Crippen molar-refractivity contribution in [3.05, 3.63) is 10.7 Å². The molecule has 1 aliphatic heterocycles. The van der Waals surface area contributed by atoms with Crippen LogP contribution in [0.4, 0.5) is 5.00 Å². The number of aromatic nitrogens is 1. The largest absolute Gasteiger partial charge is 0.361 e. The van der Waals surface area contributed by atoms with Gasteiger partial charge >= 0.3 is 0 Å². The van der Waals surface area contributed by atoms with Crippen molar-refractivity contribution >= 4 is 34.0 Å². The number of carbonyl (C=O) groups excluding carboxylic acids is 1. The first kappa shape index (κ1) is 15.6. The molecular formula is C14H22ClN3OS. The van der Waals surface area contributed by atoms with Gasteiger partial charge in [0.1, 0.15) is 10.0 Å². The van der Waals surface area contributed by atoms with Crippen molar-refractivity contribution in [3.8, 4) is 0 Å². The SMILES string of the molecule is CCCN(CC)C(=O)c1nsc(N2CCCCC2)c1Cl. The minimum Gasteiger partial charge on any atom is -0.361 e. The third-order valence-corrected chi connectivity index (χ3v) is 5.01. The van der Waals surface area contributed by atoms with Gasteiger partial charge in [0.15, 0.2) is 5.69 Å². The Bertz CT molecular complexity index is 457. The maximum atomic E-state index is 12.4. The summed E-state index contributed by atoms with van der Waals surface area (Å²) in [6.07, 6.45) is 4.60. The molecule has 1 aliphatic rings. The van der Waals surface area contributed by atoms with E-state index in [2.05, 4.69) is 16.2 Å². The molecule has 0 N–H and O–H groups in total. The van der Waals surface area contributed by atoms with E-state index in [0.717, 1.165) is 31.1 Å². The summed E-state index contributed by atoms with van der Waals surface area (Å²) in [6, 6.07) is 0. The molecule has 2 rings (SSSR count). The number of hydrogen-bond acceptors (Lipinski definition) is 4. The first-order valence-electron chi connectivity index (χ1n) is 7.38. The van der Waals surface area contributed by atoms with E-state index in [1.54, 1.807) is 4.90 Å². The molecule has 0 saturated carbocycles. The van der Waals surface area contributed by atoms with Crippen molar-refractivity contribution < 1.29 is 4.79 Å². The molecule has 0 radical (unpaired) electrons. The molecule has 6 heteroatoms. The molecular weight excluding hydrogens is 294 g/mol. The summed E-state index contributed by atoms with van der Waals surface area (Å²) in [5.41, 5.74) is 0.424. The molecule has 112 valence electrons. The van der Waals surface area contributed by atoms with Crippen molar-refractivity contribution in [3.63, 3.8) is 0 Å². The fourth-order valence-electron chi connectivity index (χ4n) is 2.52. The zero-order valence-corrected chi connectivity index (χ0v) is 13.8. The maximum absolute atomic E-state index is 12.4. The van der Waals surface area contributed by atoms with Crippen LogP contribution >= 0.6 is 23.1 Å². The average molecular weight is 316 g/mol. The van der Waals surface area contributed by atoms with Crippen LogP contribution in [-0.2, 0) is 0 Å². The Labute approximate surface area is 129 Å². The number of rotatable bonds is 5. The first-order valence-corrected chi connectivity index (χ1v) is 8.53. The number of piperidine rings is 1. The molecule has 0 aromatic carbocycles. The predicted molar refractivity (Wildman–Crippen MR) is 85.1 cm³/mol. The van der Waals surface area contributed by atoms with Gasteiger partial charge in [0.25, 0.3) is 5.91 Å². The number of anilines is 1. The predicted octanol–water partition coefficient (Wildman–Crippen LogP) is 3.66. The normalized spacial score (nSPS) is 15.4. The third kappa shape index (κ3) is 3.26. The van der Waals surface area contributed by atoms with Gasteiger partial charge in [-0.15, -0.1) is 0 Å². The van der Waals surface area contributed by atoms with Gasteiger partial charge < -0.3 is 9.80 Å². The van der Waals surface area contributed by atoms with E-state index in [4.69, 9.17) is 11.6 Å². The summed E-state index contributed by atoms with van der Waals surface area (Å²) >= 11 is 7.77. The molecule has 1 aromatic heterocycles. The minimum atomic E-state index is -0.0427. The minimum absolute atomic E-state index is 0.0427. The highest BCUT2D eigenvalue weighted by atomic mass is 35.5. The van der Waals surface area contributed by atoms with E-state index in [9.17, 15) is 4.79 Å². The van der Waals surface area contributed by atoms with Gasteiger partial charge in [0.05, 0.1) is 0 Å². The lowest BCUT2D eigenvalue weighted by Crippen LogP contribution is -2.32. The summed E-state index contributed by atoms with van der Waals surface area (Å²) in [5, 5.41) is 1.50. The second kappa shape index (κ2) is 7.27. The van der Waals surface area contributed by atoms with Crippen LogP contribution in [0.25, 0.3) is 0 Å². The van der Waals surface area contributed by atoms with Crippen LogP contribution in [0, 0.1) is 0 Å². The number of halogens is 1. The van der Waals surface area contributed by atoms with Gasteiger partial charge in [-0.05, 0) is 44.1 Å². The van der Waals surface area contributed by atoms with Crippen LogP contribution in [0.15, 0.2) is 0 Å². The smallest absolute Gasteiger partial charge is 0.275 e. The summed E-state index contributed by atoms with van der Waals surface area (Å²) in [7, 11) is 0. The average Bonchev–Trinajstić information content (AvgIpc) is 2.86. The molecule has 1 amide bonds. The molecule has 0 atom stereocenters. The highest BCUT2D eigenvalue weighted by Crippen LogP contribution is 2.35. The Morgan fingerprint density at radius 3 is 2.65 bits per heavy atom. The van der Waals surface area contributed by atoms with E-state index in [-0.39, 0.29) is 5.91 Å². The van der Waals surface area contributed by atoms with Crippen molar-refractivity contribution in [2.75, 3.05) is 31.1 Å². The molecule has 0 spiro atoms. The second-order valence-corrected chi connectivity index (χ2v) is 6.21. The standard InChI is InChI=1S/C14H22ClN3OS/c1-3-8-17(4-2)13(19)12-11(15)14(20-16-12)18-9-6-5-7-10-18/h3-10H2,1-2H3. The van der Waals surface area contributed by atoms with Gasteiger partial charge in [-0.3, -0.25) is 4.79 Å². The lowest BCUT2D eigenvalue weighted by atomic mass is 10.1. The third-order valence-electron chi connectivity index (χ3n) is 3.63. The molecule has 0 unspecified atom stereocenters. The Hall–Kier alpha value is -0.810. The molecule has 1 saturated heterocycles. The van der Waals surface area contributed by atoms with Gasteiger partial charge in [-0.1, -0.05) is 18.5 Å². The molecule has 20 heavy (non-hydrogen) atoms. The zero-order valence-electron chi connectivity index (χ0n) is 12.2. The molecule has 2 heterocycles. The number of nitrogens with zero attached hydrogens (tertiary/aromatic N) is 3. The Morgan fingerprint density at radius 2 is 2.05 bits per heavy atom. The number of hydrogen-bond donors (Lipinski definition) is 0. The Balaban J connectivity index is 2.16. The van der Waals surface area contributed by atoms with E-state index >= 15 is 0 Å². The summed E-state index contributed by atoms with van der Waals surface area (Å²) in [4.78, 5) is 16.5. The molecule has 1 aromatic rings. The Kier molecular flexibility index (Phi) is 5.66. The second-order valence-electron chi connectivity index (χ2n) is 5.08. The summed E-state index contributed by atoms with van der Waals surface area (Å²) in [6.45, 7) is 7.53. The maximum Gasteiger partial charge on any atom is 0.275 e. The van der Waals surface area contributed by atoms with Crippen LogP contribution in [0.5, 0.6) is 0 Å². The van der Waals surface area contributed by atoms with Crippen molar-refractivity contribution in [2.45, 2.75) is 39.5 Å². The molecule has 0 aliphatic carbocycles. The highest BCUT2D eigenvalue weighted by molar-refractivity contribution is 7.11. The van der Waals surface area contributed by atoms with Crippen molar-refractivity contribution in [2.24, 2.45) is 0 Å². The monoisotopic (exact) mass is 315 g/mol. The van der Waals surface area contributed by atoms with Crippen molar-refractivity contribution in [1.29, 1.82) is 0 Å². The first-order chi connectivity index (χ1) is 9.69. The quantitative estimate of drug-likeness (QED) is 0.832. The van der Waals surface area contributed by atoms with Gasteiger partial charge in [0.2, 0.25) is 0 Å². The molecule has 0 bridgehead atoms. The highest BCUT2D eigenvalue weighted by Gasteiger charge is 2.25.